The van der Waals surface area contributed by atoms with Crippen LogP contribution in [0.5, 0.6) is 0 Å². The minimum absolute atomic E-state index is 0.0254. The molecular weight excluding hydrogens is 240 g/mol. The van der Waals surface area contributed by atoms with E-state index < -0.39 is 0 Å². The van der Waals surface area contributed by atoms with Crippen LogP contribution >= 0.6 is 22.9 Å². The van der Waals surface area contributed by atoms with Crippen molar-refractivity contribution in [3.05, 3.63) is 63.7 Å². The Morgan fingerprint density at radius 2 is 2.12 bits per heavy atom. The molecule has 1 heterocycles. The van der Waals surface area contributed by atoms with Crippen molar-refractivity contribution in [2.45, 2.75) is 5.92 Å². The molecule has 0 saturated heterocycles. The summed E-state index contributed by atoms with van der Waals surface area (Å²) >= 11 is 7.40. The van der Waals surface area contributed by atoms with Crippen LogP contribution < -0.4 is 0 Å². The molecule has 1 aromatic heterocycles. The molecule has 0 aliphatic rings. The van der Waals surface area contributed by atoms with Gasteiger partial charge in [0, 0.05) is 16.4 Å². The molecule has 0 spiro atoms. The first kappa shape index (κ1) is 11.4. The SMILES string of the molecule is [CH2]C(c1cccc(C=O)c1)c1ccc(Cl)s1. The number of rotatable bonds is 3. The largest absolute Gasteiger partial charge is 0.298 e. The fourth-order valence-corrected chi connectivity index (χ4v) is 2.63. The van der Waals surface area contributed by atoms with E-state index in [0.29, 0.717) is 5.56 Å². The third-order valence-electron chi connectivity index (χ3n) is 2.39. The van der Waals surface area contributed by atoms with Gasteiger partial charge in [-0.15, -0.1) is 11.3 Å². The van der Waals surface area contributed by atoms with Gasteiger partial charge < -0.3 is 0 Å². The quantitative estimate of drug-likeness (QED) is 0.746. The molecule has 0 aliphatic heterocycles. The number of hydrogen-bond donors (Lipinski definition) is 0. The van der Waals surface area contributed by atoms with E-state index in [9.17, 15) is 4.79 Å². The molecule has 0 saturated carbocycles. The first-order chi connectivity index (χ1) is 7.70. The van der Waals surface area contributed by atoms with E-state index in [1.807, 2.05) is 30.3 Å². The van der Waals surface area contributed by atoms with Crippen LogP contribution in [0.25, 0.3) is 0 Å². The van der Waals surface area contributed by atoms with Gasteiger partial charge in [0.15, 0.2) is 0 Å². The van der Waals surface area contributed by atoms with E-state index in [2.05, 4.69) is 6.92 Å². The van der Waals surface area contributed by atoms with Crippen molar-refractivity contribution >= 4 is 29.2 Å². The number of halogens is 1. The standard InChI is InChI=1S/C13H10ClOS/c1-9(12-5-6-13(14)16-12)11-4-2-3-10(7-11)8-15/h2-9H,1H2. The fraction of sp³-hybridized carbons (Fsp3) is 0.0769. The first-order valence-corrected chi connectivity index (χ1v) is 6.03. The fourth-order valence-electron chi connectivity index (χ4n) is 1.53. The summed E-state index contributed by atoms with van der Waals surface area (Å²) in [5.41, 5.74) is 1.71. The molecule has 0 amide bonds. The van der Waals surface area contributed by atoms with Crippen molar-refractivity contribution in [3.63, 3.8) is 0 Å². The number of thiophene rings is 1. The van der Waals surface area contributed by atoms with E-state index in [0.717, 1.165) is 21.1 Å². The Labute approximate surface area is 104 Å². The minimum atomic E-state index is 0.0254. The van der Waals surface area contributed by atoms with Crippen molar-refractivity contribution in [1.29, 1.82) is 0 Å². The zero-order valence-electron chi connectivity index (χ0n) is 8.52. The lowest BCUT2D eigenvalue weighted by molar-refractivity contribution is 0.112. The van der Waals surface area contributed by atoms with Gasteiger partial charge >= 0.3 is 0 Å². The molecule has 1 nitrogen and oxygen atoms in total. The summed E-state index contributed by atoms with van der Waals surface area (Å²) in [5, 5.41) is 0. The van der Waals surface area contributed by atoms with Crippen molar-refractivity contribution in [2.24, 2.45) is 0 Å². The van der Waals surface area contributed by atoms with Gasteiger partial charge in [0.1, 0.15) is 6.29 Å². The van der Waals surface area contributed by atoms with Crippen LogP contribution in [-0.4, -0.2) is 6.29 Å². The topological polar surface area (TPSA) is 17.1 Å². The van der Waals surface area contributed by atoms with E-state index in [4.69, 9.17) is 11.6 Å². The van der Waals surface area contributed by atoms with Crippen molar-refractivity contribution in [2.75, 3.05) is 0 Å². The molecule has 3 heteroatoms. The monoisotopic (exact) mass is 249 g/mol. The highest BCUT2D eigenvalue weighted by Gasteiger charge is 2.11. The van der Waals surface area contributed by atoms with Crippen molar-refractivity contribution in [3.8, 4) is 0 Å². The van der Waals surface area contributed by atoms with Gasteiger partial charge in [0.25, 0.3) is 0 Å². The predicted molar refractivity (Wildman–Crippen MR) is 68.4 cm³/mol. The maximum Gasteiger partial charge on any atom is 0.150 e. The molecule has 0 N–H and O–H groups in total. The summed E-state index contributed by atoms with van der Waals surface area (Å²) < 4.78 is 0.759. The highest BCUT2D eigenvalue weighted by Crippen LogP contribution is 2.32. The number of aldehydes is 1. The summed E-state index contributed by atoms with van der Waals surface area (Å²) in [6.07, 6.45) is 0.845. The number of carbonyl (C=O) groups is 1. The predicted octanol–water partition coefficient (Wildman–Crippen LogP) is 4.18. The normalized spacial score (nSPS) is 12.4. The molecule has 2 rings (SSSR count). The molecule has 1 unspecified atom stereocenters. The van der Waals surface area contributed by atoms with Gasteiger partial charge in [-0.2, -0.15) is 0 Å². The number of hydrogen-bond acceptors (Lipinski definition) is 2. The second-order valence-electron chi connectivity index (χ2n) is 3.48. The zero-order chi connectivity index (χ0) is 11.5. The molecule has 81 valence electrons. The lowest BCUT2D eigenvalue weighted by atomic mass is 9.98. The van der Waals surface area contributed by atoms with Crippen LogP contribution in [0.1, 0.15) is 26.7 Å². The second-order valence-corrected chi connectivity index (χ2v) is 5.23. The Morgan fingerprint density at radius 3 is 2.75 bits per heavy atom. The smallest absolute Gasteiger partial charge is 0.150 e. The second kappa shape index (κ2) is 4.81. The van der Waals surface area contributed by atoms with Gasteiger partial charge in [0.2, 0.25) is 0 Å². The van der Waals surface area contributed by atoms with Gasteiger partial charge in [-0.05, 0) is 30.7 Å². The molecule has 16 heavy (non-hydrogen) atoms. The van der Waals surface area contributed by atoms with Gasteiger partial charge in [0.05, 0.1) is 4.34 Å². The zero-order valence-corrected chi connectivity index (χ0v) is 10.1. The van der Waals surface area contributed by atoms with E-state index in [-0.39, 0.29) is 5.92 Å². The van der Waals surface area contributed by atoms with Crippen LogP contribution in [0.3, 0.4) is 0 Å². The lowest BCUT2D eigenvalue weighted by Gasteiger charge is -2.09. The third kappa shape index (κ3) is 2.34. The Hall–Kier alpha value is -1.12. The summed E-state index contributed by atoms with van der Waals surface area (Å²) in [7, 11) is 0. The molecule has 1 atom stereocenters. The summed E-state index contributed by atoms with van der Waals surface area (Å²) in [5.74, 6) is 0.0254. The molecule has 2 aromatic rings. The molecule has 1 radical (unpaired) electrons. The average molecular weight is 250 g/mol. The van der Waals surface area contributed by atoms with E-state index >= 15 is 0 Å². The Bertz CT molecular complexity index is 504. The van der Waals surface area contributed by atoms with Crippen LogP contribution in [0.15, 0.2) is 36.4 Å². The maximum absolute atomic E-state index is 10.7. The van der Waals surface area contributed by atoms with Crippen LogP contribution in [0, 0.1) is 6.92 Å². The molecule has 0 fully saturated rings. The minimum Gasteiger partial charge on any atom is -0.298 e. The summed E-state index contributed by atoms with van der Waals surface area (Å²) in [6, 6.07) is 11.3. The van der Waals surface area contributed by atoms with Crippen LogP contribution in [0.2, 0.25) is 4.34 Å². The number of carbonyl (C=O) groups excluding carboxylic acids is 1. The Kier molecular flexibility index (Phi) is 3.42. The average Bonchev–Trinajstić information content (AvgIpc) is 2.75. The van der Waals surface area contributed by atoms with Crippen molar-refractivity contribution < 1.29 is 4.79 Å². The summed E-state index contributed by atoms with van der Waals surface area (Å²) in [4.78, 5) is 11.8. The third-order valence-corrected chi connectivity index (χ3v) is 3.73. The highest BCUT2D eigenvalue weighted by atomic mass is 35.5. The lowest BCUT2D eigenvalue weighted by Crippen LogP contribution is -1.94. The van der Waals surface area contributed by atoms with Crippen molar-refractivity contribution in [1.82, 2.24) is 0 Å². The molecular formula is C13H10ClOS. The molecule has 1 aromatic carbocycles. The van der Waals surface area contributed by atoms with E-state index in [1.54, 1.807) is 6.07 Å². The number of benzene rings is 1. The Balaban J connectivity index is 2.33. The van der Waals surface area contributed by atoms with Crippen LogP contribution in [-0.2, 0) is 0 Å². The molecule has 0 aliphatic carbocycles. The Morgan fingerprint density at radius 1 is 1.31 bits per heavy atom. The first-order valence-electron chi connectivity index (χ1n) is 4.84. The molecule has 0 bridgehead atoms. The maximum atomic E-state index is 10.7. The van der Waals surface area contributed by atoms with Crippen LogP contribution in [0.4, 0.5) is 0 Å². The van der Waals surface area contributed by atoms with Gasteiger partial charge in [-0.1, -0.05) is 29.8 Å². The van der Waals surface area contributed by atoms with Gasteiger partial charge in [-0.25, -0.2) is 0 Å². The summed E-state index contributed by atoms with van der Waals surface area (Å²) in [6.45, 7) is 4.10. The van der Waals surface area contributed by atoms with E-state index in [1.165, 1.54) is 11.3 Å². The highest BCUT2D eigenvalue weighted by molar-refractivity contribution is 7.16. The van der Waals surface area contributed by atoms with Gasteiger partial charge in [-0.3, -0.25) is 4.79 Å².